The average molecular weight is 381 g/mol. The van der Waals surface area contributed by atoms with Crippen molar-refractivity contribution in [1.29, 1.82) is 0 Å². The lowest BCUT2D eigenvalue weighted by atomic mass is 10.0. The number of carboxylic acids is 1. The fourth-order valence-electron chi connectivity index (χ4n) is 3.26. The summed E-state index contributed by atoms with van der Waals surface area (Å²) in [5, 5.41) is 9.27. The first-order valence-corrected chi connectivity index (χ1v) is 10.4. The van der Waals surface area contributed by atoms with Crippen LogP contribution in [0.25, 0.3) is 11.1 Å². The van der Waals surface area contributed by atoms with Gasteiger partial charge in [0.05, 0.1) is 12.2 Å². The Morgan fingerprint density at radius 1 is 0.893 bits per heavy atom. The molecule has 0 atom stereocenters. The first-order chi connectivity index (χ1) is 13.7. The zero-order chi connectivity index (χ0) is 20.0. The Hall–Kier alpha value is -2.55. The summed E-state index contributed by atoms with van der Waals surface area (Å²) in [6.07, 6.45) is 12.9. The van der Waals surface area contributed by atoms with Crippen molar-refractivity contribution in [3.05, 3.63) is 66.7 Å². The zero-order valence-corrected chi connectivity index (χ0v) is 16.7. The third-order valence-electron chi connectivity index (χ3n) is 4.87. The molecule has 1 N–H and O–H groups in total. The van der Waals surface area contributed by atoms with Gasteiger partial charge >= 0.3 is 5.97 Å². The number of carboxylic acid groups (broad SMARTS) is 1. The van der Waals surface area contributed by atoms with E-state index >= 15 is 0 Å². The summed E-state index contributed by atoms with van der Waals surface area (Å²) in [4.78, 5) is 11.3. The van der Waals surface area contributed by atoms with Crippen molar-refractivity contribution in [1.82, 2.24) is 0 Å². The van der Waals surface area contributed by atoms with Crippen molar-refractivity contribution in [3.63, 3.8) is 0 Å². The van der Waals surface area contributed by atoms with Crippen molar-refractivity contribution >= 4 is 5.97 Å². The molecule has 150 valence electrons. The van der Waals surface area contributed by atoms with E-state index < -0.39 is 5.97 Å². The maximum atomic E-state index is 11.3. The molecule has 3 heteroatoms. The summed E-state index contributed by atoms with van der Waals surface area (Å²) >= 11 is 0. The van der Waals surface area contributed by atoms with Crippen LogP contribution in [0.2, 0.25) is 0 Å². The standard InChI is InChI=1S/C25H32O3/c1-2-3-4-5-6-7-8-9-10-14-19-28-24-20-22(25(26)27)17-18-23(24)21-15-12-11-13-16-21/h2,11-13,15-18,20H,1,3-10,14,19H2,(H,26,27). The van der Waals surface area contributed by atoms with Crippen LogP contribution in [0.5, 0.6) is 5.75 Å². The molecule has 0 aromatic heterocycles. The number of rotatable bonds is 14. The monoisotopic (exact) mass is 380 g/mol. The summed E-state index contributed by atoms with van der Waals surface area (Å²) in [5.41, 5.74) is 2.22. The molecule has 0 unspecified atom stereocenters. The molecular weight excluding hydrogens is 348 g/mol. The lowest BCUT2D eigenvalue weighted by molar-refractivity contribution is 0.0696. The second-order valence-corrected chi connectivity index (χ2v) is 7.14. The summed E-state index contributed by atoms with van der Waals surface area (Å²) in [7, 11) is 0. The highest BCUT2D eigenvalue weighted by molar-refractivity contribution is 5.89. The van der Waals surface area contributed by atoms with Crippen LogP contribution < -0.4 is 4.74 Å². The SMILES string of the molecule is C=CCCCCCCCCCCOc1cc(C(=O)O)ccc1-c1ccccc1. The van der Waals surface area contributed by atoms with Crippen LogP contribution in [0.4, 0.5) is 0 Å². The van der Waals surface area contributed by atoms with Gasteiger partial charge in [-0.3, -0.25) is 0 Å². The van der Waals surface area contributed by atoms with E-state index in [0.29, 0.717) is 12.4 Å². The van der Waals surface area contributed by atoms with E-state index in [1.807, 2.05) is 42.5 Å². The van der Waals surface area contributed by atoms with Crippen LogP contribution in [0.3, 0.4) is 0 Å². The van der Waals surface area contributed by atoms with Crippen LogP contribution in [-0.4, -0.2) is 17.7 Å². The summed E-state index contributed by atoms with van der Waals surface area (Å²) < 4.78 is 5.98. The van der Waals surface area contributed by atoms with Gasteiger partial charge in [0.2, 0.25) is 0 Å². The van der Waals surface area contributed by atoms with Crippen molar-refractivity contribution in [2.45, 2.75) is 57.8 Å². The Labute approximate surface area is 169 Å². The molecule has 2 rings (SSSR count). The minimum atomic E-state index is -0.933. The lowest BCUT2D eigenvalue weighted by Crippen LogP contribution is -2.02. The molecule has 0 saturated carbocycles. The van der Waals surface area contributed by atoms with Crippen LogP contribution in [0.15, 0.2) is 61.2 Å². The van der Waals surface area contributed by atoms with Crippen LogP contribution in [0, 0.1) is 0 Å². The molecule has 0 bridgehead atoms. The fraction of sp³-hybridized carbons (Fsp3) is 0.400. The van der Waals surface area contributed by atoms with Gasteiger partial charge in [-0.05, 0) is 43.0 Å². The third kappa shape index (κ3) is 7.59. The predicted molar refractivity (Wildman–Crippen MR) is 116 cm³/mol. The van der Waals surface area contributed by atoms with Crippen molar-refractivity contribution < 1.29 is 14.6 Å². The Balaban J connectivity index is 1.77. The van der Waals surface area contributed by atoms with Gasteiger partial charge in [0.1, 0.15) is 5.75 Å². The molecule has 0 amide bonds. The topological polar surface area (TPSA) is 46.5 Å². The Kier molecular flexibility index (Phi) is 9.92. The lowest BCUT2D eigenvalue weighted by Gasteiger charge is -2.13. The van der Waals surface area contributed by atoms with Gasteiger partial charge in [-0.25, -0.2) is 4.79 Å². The van der Waals surface area contributed by atoms with Gasteiger partial charge in [-0.1, -0.05) is 74.9 Å². The molecule has 0 aliphatic carbocycles. The highest BCUT2D eigenvalue weighted by Gasteiger charge is 2.11. The number of unbranched alkanes of at least 4 members (excludes halogenated alkanes) is 8. The Morgan fingerprint density at radius 2 is 1.54 bits per heavy atom. The minimum absolute atomic E-state index is 0.256. The smallest absolute Gasteiger partial charge is 0.335 e. The molecule has 3 nitrogen and oxygen atoms in total. The van der Waals surface area contributed by atoms with Gasteiger partial charge in [-0.2, -0.15) is 0 Å². The number of carbonyl (C=O) groups is 1. The van der Waals surface area contributed by atoms with Crippen molar-refractivity contribution in [3.8, 4) is 16.9 Å². The number of aromatic carboxylic acids is 1. The van der Waals surface area contributed by atoms with Crippen molar-refractivity contribution in [2.24, 2.45) is 0 Å². The summed E-state index contributed by atoms with van der Waals surface area (Å²) in [5.74, 6) is -0.286. The quantitative estimate of drug-likeness (QED) is 0.280. The molecule has 2 aromatic rings. The molecule has 0 radical (unpaired) electrons. The molecular formula is C25H32O3. The minimum Gasteiger partial charge on any atom is -0.493 e. The van der Waals surface area contributed by atoms with Gasteiger partial charge in [-0.15, -0.1) is 6.58 Å². The Bertz CT molecular complexity index is 722. The highest BCUT2D eigenvalue weighted by Crippen LogP contribution is 2.31. The van der Waals surface area contributed by atoms with Crippen LogP contribution in [0.1, 0.15) is 68.1 Å². The molecule has 0 aliphatic rings. The largest absolute Gasteiger partial charge is 0.493 e. The van der Waals surface area contributed by atoms with Gasteiger partial charge in [0.15, 0.2) is 0 Å². The molecule has 0 aliphatic heterocycles. The van der Waals surface area contributed by atoms with E-state index in [0.717, 1.165) is 30.4 Å². The first-order valence-electron chi connectivity index (χ1n) is 10.4. The average Bonchev–Trinajstić information content (AvgIpc) is 2.72. The molecule has 0 heterocycles. The second-order valence-electron chi connectivity index (χ2n) is 7.14. The number of ether oxygens (including phenoxy) is 1. The third-order valence-corrected chi connectivity index (χ3v) is 4.87. The second kappa shape index (κ2) is 12.8. The van der Waals surface area contributed by atoms with E-state index in [2.05, 4.69) is 6.58 Å². The number of allylic oxidation sites excluding steroid dienone is 1. The maximum absolute atomic E-state index is 11.3. The fourth-order valence-corrected chi connectivity index (χ4v) is 3.26. The molecule has 0 spiro atoms. The molecule has 2 aromatic carbocycles. The summed E-state index contributed by atoms with van der Waals surface area (Å²) in [6, 6.07) is 15.0. The van der Waals surface area contributed by atoms with Crippen LogP contribution >= 0.6 is 0 Å². The van der Waals surface area contributed by atoms with Crippen molar-refractivity contribution in [2.75, 3.05) is 6.61 Å². The predicted octanol–water partition coefficient (Wildman–Crippen LogP) is 7.13. The van der Waals surface area contributed by atoms with E-state index in [4.69, 9.17) is 4.74 Å². The van der Waals surface area contributed by atoms with Crippen LogP contribution in [-0.2, 0) is 0 Å². The molecule has 0 fully saturated rings. The summed E-state index contributed by atoms with van der Waals surface area (Å²) in [6.45, 7) is 4.37. The van der Waals surface area contributed by atoms with Gasteiger partial charge < -0.3 is 9.84 Å². The normalized spacial score (nSPS) is 10.6. The molecule has 0 saturated heterocycles. The van der Waals surface area contributed by atoms with E-state index in [-0.39, 0.29) is 5.56 Å². The van der Waals surface area contributed by atoms with E-state index in [9.17, 15) is 9.90 Å². The van der Waals surface area contributed by atoms with Gasteiger partial charge in [0.25, 0.3) is 0 Å². The Morgan fingerprint density at radius 3 is 2.18 bits per heavy atom. The number of benzene rings is 2. The zero-order valence-electron chi connectivity index (χ0n) is 16.7. The number of hydrogen-bond donors (Lipinski definition) is 1. The van der Waals surface area contributed by atoms with Gasteiger partial charge in [0, 0.05) is 5.56 Å². The van der Waals surface area contributed by atoms with E-state index in [1.165, 1.54) is 38.5 Å². The first kappa shape index (κ1) is 21.7. The highest BCUT2D eigenvalue weighted by atomic mass is 16.5. The molecule has 28 heavy (non-hydrogen) atoms. The number of hydrogen-bond acceptors (Lipinski definition) is 2. The maximum Gasteiger partial charge on any atom is 0.335 e. The van der Waals surface area contributed by atoms with E-state index in [1.54, 1.807) is 12.1 Å².